The highest BCUT2D eigenvalue weighted by Gasteiger charge is 2.24. The van der Waals surface area contributed by atoms with E-state index in [-0.39, 0.29) is 23.8 Å². The second-order valence-electron chi connectivity index (χ2n) is 5.37. The van der Waals surface area contributed by atoms with Crippen molar-refractivity contribution in [1.29, 1.82) is 0 Å². The molecule has 1 fully saturated rings. The molecule has 1 N–H and O–H groups in total. The number of aromatic nitrogens is 1. The Bertz CT molecular complexity index is 781. The lowest BCUT2D eigenvalue weighted by molar-refractivity contribution is -0.117. The molecule has 0 unspecified atom stereocenters. The fraction of sp³-hybridized carbons (Fsp3) is 0.312. The average Bonchev–Trinajstić information content (AvgIpc) is 3.17. The average molecular weight is 367 g/mol. The van der Waals surface area contributed by atoms with E-state index in [2.05, 4.69) is 15.0 Å². The Morgan fingerprint density at radius 2 is 2.20 bits per heavy atom. The van der Waals surface area contributed by atoms with Gasteiger partial charge in [0, 0.05) is 18.3 Å². The van der Waals surface area contributed by atoms with E-state index in [1.54, 1.807) is 16.3 Å². The number of hydrogen-bond acceptors (Lipinski definition) is 5. The molecule has 132 valence electrons. The summed E-state index contributed by atoms with van der Waals surface area (Å²) in [6.45, 7) is -2.34. The Labute approximate surface area is 146 Å². The van der Waals surface area contributed by atoms with Crippen LogP contribution in [-0.4, -0.2) is 30.0 Å². The Morgan fingerprint density at radius 1 is 1.40 bits per heavy atom. The molecule has 2 amide bonds. The summed E-state index contributed by atoms with van der Waals surface area (Å²) < 4.78 is 29.2. The minimum Gasteiger partial charge on any atom is -0.433 e. The van der Waals surface area contributed by atoms with Crippen LogP contribution in [0, 0.1) is 0 Å². The summed E-state index contributed by atoms with van der Waals surface area (Å²) in [6, 6.07) is 5.97. The van der Waals surface area contributed by atoms with Gasteiger partial charge in [-0.05, 0) is 18.6 Å². The number of nitrogens with one attached hydrogen (secondary N) is 1. The molecule has 2 aromatic rings. The third-order valence-electron chi connectivity index (χ3n) is 3.56. The van der Waals surface area contributed by atoms with Gasteiger partial charge in [0.2, 0.25) is 11.8 Å². The number of rotatable bonds is 6. The molecule has 1 aromatic carbocycles. The number of hydrogen-bond donors (Lipinski definition) is 1. The predicted molar refractivity (Wildman–Crippen MR) is 89.1 cm³/mol. The zero-order chi connectivity index (χ0) is 17.8. The zero-order valence-corrected chi connectivity index (χ0v) is 13.9. The van der Waals surface area contributed by atoms with Crippen LogP contribution in [0.5, 0.6) is 5.75 Å². The molecular formula is C16H15F2N3O3S. The van der Waals surface area contributed by atoms with Gasteiger partial charge in [0.15, 0.2) is 5.13 Å². The summed E-state index contributed by atoms with van der Waals surface area (Å²) in [4.78, 5) is 29.8. The minimum atomic E-state index is -2.97. The molecule has 25 heavy (non-hydrogen) atoms. The molecule has 0 radical (unpaired) electrons. The number of anilines is 2. The highest BCUT2D eigenvalue weighted by atomic mass is 32.1. The Morgan fingerprint density at radius 3 is 2.92 bits per heavy atom. The van der Waals surface area contributed by atoms with E-state index in [1.807, 2.05) is 0 Å². The maximum absolute atomic E-state index is 12.4. The molecule has 0 saturated carbocycles. The van der Waals surface area contributed by atoms with Crippen molar-refractivity contribution in [3.8, 4) is 5.75 Å². The first-order valence-corrected chi connectivity index (χ1v) is 8.49. The van der Waals surface area contributed by atoms with Crippen molar-refractivity contribution in [2.45, 2.75) is 25.9 Å². The molecule has 0 aliphatic carbocycles. The largest absolute Gasteiger partial charge is 0.433 e. The molecule has 9 heteroatoms. The van der Waals surface area contributed by atoms with E-state index in [1.165, 1.54) is 29.5 Å². The molecule has 1 aromatic heterocycles. The van der Waals surface area contributed by atoms with Crippen LogP contribution < -0.4 is 15.0 Å². The number of alkyl halides is 2. The fourth-order valence-electron chi connectivity index (χ4n) is 2.48. The van der Waals surface area contributed by atoms with Gasteiger partial charge in [-0.3, -0.25) is 14.5 Å². The fourth-order valence-corrected chi connectivity index (χ4v) is 3.35. The summed E-state index contributed by atoms with van der Waals surface area (Å²) >= 11 is 1.30. The number of carbonyl (C=O) groups is 2. The molecule has 6 nitrogen and oxygen atoms in total. The molecule has 1 aliphatic rings. The topological polar surface area (TPSA) is 71.5 Å². The number of amides is 2. The van der Waals surface area contributed by atoms with Gasteiger partial charge in [0.25, 0.3) is 0 Å². The number of carbonyl (C=O) groups excluding carboxylic acids is 2. The van der Waals surface area contributed by atoms with Crippen molar-refractivity contribution < 1.29 is 23.1 Å². The van der Waals surface area contributed by atoms with Gasteiger partial charge >= 0.3 is 6.61 Å². The lowest BCUT2D eigenvalue weighted by atomic mass is 10.2. The summed E-state index contributed by atoms with van der Waals surface area (Å²) in [5.74, 6) is -0.481. The van der Waals surface area contributed by atoms with Crippen molar-refractivity contribution in [1.82, 2.24) is 4.98 Å². The van der Waals surface area contributed by atoms with Crippen molar-refractivity contribution >= 4 is 34.0 Å². The van der Waals surface area contributed by atoms with E-state index in [4.69, 9.17) is 0 Å². The second kappa shape index (κ2) is 7.56. The molecule has 0 bridgehead atoms. The first-order valence-electron chi connectivity index (χ1n) is 7.61. The van der Waals surface area contributed by atoms with E-state index in [0.29, 0.717) is 23.8 Å². The van der Waals surface area contributed by atoms with E-state index in [9.17, 15) is 18.4 Å². The van der Waals surface area contributed by atoms with Gasteiger partial charge in [0.1, 0.15) is 5.75 Å². The van der Waals surface area contributed by atoms with Gasteiger partial charge < -0.3 is 10.1 Å². The highest BCUT2D eigenvalue weighted by molar-refractivity contribution is 7.14. The van der Waals surface area contributed by atoms with Gasteiger partial charge in [-0.25, -0.2) is 4.98 Å². The Kier molecular flexibility index (Phi) is 5.22. The Balaban J connectivity index is 1.64. The van der Waals surface area contributed by atoms with Crippen molar-refractivity contribution in [3.63, 3.8) is 0 Å². The lowest BCUT2D eigenvalue weighted by Gasteiger charge is -2.11. The minimum absolute atomic E-state index is 0.0262. The van der Waals surface area contributed by atoms with Crippen LogP contribution in [0.2, 0.25) is 0 Å². The van der Waals surface area contributed by atoms with Crippen LogP contribution in [0.25, 0.3) is 0 Å². The molecule has 2 heterocycles. The van der Waals surface area contributed by atoms with Crippen molar-refractivity contribution in [2.75, 3.05) is 16.8 Å². The van der Waals surface area contributed by atoms with Crippen LogP contribution in [-0.2, 0) is 16.0 Å². The molecule has 1 saturated heterocycles. The number of benzene rings is 1. The number of ether oxygens (including phenoxy) is 1. The highest BCUT2D eigenvalue weighted by Crippen LogP contribution is 2.27. The first kappa shape index (κ1) is 17.3. The van der Waals surface area contributed by atoms with Crippen molar-refractivity contribution in [3.05, 3.63) is 35.3 Å². The molecule has 1 aliphatic heterocycles. The molecular weight excluding hydrogens is 352 g/mol. The maximum Gasteiger partial charge on any atom is 0.387 e. The predicted octanol–water partition coefficient (Wildman–Crippen LogP) is 3.05. The first-order chi connectivity index (χ1) is 12.0. The lowest BCUT2D eigenvalue weighted by Crippen LogP contribution is -2.23. The number of para-hydroxylation sites is 2. The van der Waals surface area contributed by atoms with E-state index >= 15 is 0 Å². The normalized spacial score (nSPS) is 14.2. The molecule has 0 spiro atoms. The summed E-state index contributed by atoms with van der Waals surface area (Å²) in [6.07, 6.45) is 1.28. The summed E-state index contributed by atoms with van der Waals surface area (Å²) in [5.41, 5.74) is 0.683. The van der Waals surface area contributed by atoms with Gasteiger partial charge in [0.05, 0.1) is 17.8 Å². The maximum atomic E-state index is 12.4. The second-order valence-corrected chi connectivity index (χ2v) is 6.21. The summed E-state index contributed by atoms with van der Waals surface area (Å²) in [5, 5.41) is 4.82. The Hall–Kier alpha value is -2.55. The molecule has 0 atom stereocenters. The standard InChI is InChI=1S/C16H15F2N3O3S/c17-15(18)24-12-5-2-1-4-11(12)20-13(22)8-10-9-25-16(19-10)21-7-3-6-14(21)23/h1-2,4-5,9,15H,3,6-8H2,(H,20,22). The summed E-state index contributed by atoms with van der Waals surface area (Å²) in [7, 11) is 0. The third kappa shape index (κ3) is 4.30. The SMILES string of the molecule is O=C(Cc1csc(N2CCCC2=O)n1)Nc1ccccc1OC(F)F. The monoisotopic (exact) mass is 367 g/mol. The van der Waals surface area contributed by atoms with Crippen molar-refractivity contribution in [2.24, 2.45) is 0 Å². The van der Waals surface area contributed by atoms with E-state index in [0.717, 1.165) is 6.42 Å². The van der Waals surface area contributed by atoms with Gasteiger partial charge in [-0.2, -0.15) is 8.78 Å². The van der Waals surface area contributed by atoms with Crippen LogP contribution in [0.3, 0.4) is 0 Å². The number of thiazole rings is 1. The zero-order valence-electron chi connectivity index (χ0n) is 13.1. The van der Waals surface area contributed by atoms with Crippen LogP contribution >= 0.6 is 11.3 Å². The third-order valence-corrected chi connectivity index (χ3v) is 4.48. The van der Waals surface area contributed by atoms with Crippen LogP contribution in [0.4, 0.5) is 19.6 Å². The van der Waals surface area contributed by atoms with Crippen LogP contribution in [0.1, 0.15) is 18.5 Å². The molecule has 3 rings (SSSR count). The van der Waals surface area contributed by atoms with E-state index < -0.39 is 12.5 Å². The smallest absolute Gasteiger partial charge is 0.387 e. The number of nitrogens with zero attached hydrogens (tertiary/aromatic N) is 2. The number of halogens is 2. The van der Waals surface area contributed by atoms with Gasteiger partial charge in [-0.15, -0.1) is 11.3 Å². The van der Waals surface area contributed by atoms with Gasteiger partial charge in [-0.1, -0.05) is 12.1 Å². The van der Waals surface area contributed by atoms with Crippen LogP contribution in [0.15, 0.2) is 29.6 Å². The quantitative estimate of drug-likeness (QED) is 0.852.